The van der Waals surface area contributed by atoms with Crippen molar-refractivity contribution >= 4 is 28.4 Å². The second-order valence-electron chi connectivity index (χ2n) is 7.55. The van der Waals surface area contributed by atoms with Crippen LogP contribution >= 0.6 is 0 Å². The van der Waals surface area contributed by atoms with Crippen LogP contribution in [-0.4, -0.2) is 52.3 Å². The number of aryl methyl sites for hydroxylation is 1. The van der Waals surface area contributed by atoms with E-state index in [1.165, 1.54) is 13.0 Å². The Bertz CT molecular complexity index is 1100. The fourth-order valence-corrected chi connectivity index (χ4v) is 3.99. The number of anilines is 1. The summed E-state index contributed by atoms with van der Waals surface area (Å²) in [5.74, 6) is 0.380. The van der Waals surface area contributed by atoms with Crippen molar-refractivity contribution in [1.29, 1.82) is 0 Å². The minimum Gasteiger partial charge on any atom is -0.366 e. The summed E-state index contributed by atoms with van der Waals surface area (Å²) in [4.78, 5) is 32.8. The summed E-state index contributed by atoms with van der Waals surface area (Å²) in [5, 5.41) is 0. The van der Waals surface area contributed by atoms with Crippen LogP contribution in [0.25, 0.3) is 11.0 Å². The molecular formula is C23H25FN4O2. The topological polar surface area (TPSA) is 58.4 Å². The minimum atomic E-state index is -0.403. The van der Waals surface area contributed by atoms with E-state index in [9.17, 15) is 14.0 Å². The smallest absolute Gasteiger partial charge is 0.242 e. The van der Waals surface area contributed by atoms with E-state index in [-0.39, 0.29) is 18.2 Å². The highest BCUT2D eigenvalue weighted by Crippen LogP contribution is 2.23. The van der Waals surface area contributed by atoms with Gasteiger partial charge < -0.3 is 14.4 Å². The van der Waals surface area contributed by atoms with E-state index in [4.69, 9.17) is 0 Å². The highest BCUT2D eigenvalue weighted by molar-refractivity contribution is 5.94. The van der Waals surface area contributed by atoms with Crippen LogP contribution in [0.1, 0.15) is 30.0 Å². The lowest BCUT2D eigenvalue weighted by molar-refractivity contribution is -0.132. The fourth-order valence-electron chi connectivity index (χ4n) is 3.99. The predicted molar refractivity (Wildman–Crippen MR) is 114 cm³/mol. The van der Waals surface area contributed by atoms with E-state index in [0.29, 0.717) is 37.4 Å². The maximum Gasteiger partial charge on any atom is 0.242 e. The molecule has 1 aromatic heterocycles. The molecule has 3 aromatic rings. The Balaban J connectivity index is 1.44. The number of imidazole rings is 1. The first-order valence-corrected chi connectivity index (χ1v) is 10.2. The van der Waals surface area contributed by atoms with Crippen molar-refractivity contribution in [3.63, 3.8) is 0 Å². The third-order valence-electron chi connectivity index (χ3n) is 5.67. The van der Waals surface area contributed by atoms with Gasteiger partial charge in [-0.1, -0.05) is 19.1 Å². The molecule has 0 bridgehead atoms. The molecule has 0 N–H and O–H groups in total. The van der Waals surface area contributed by atoms with Gasteiger partial charge >= 0.3 is 0 Å². The van der Waals surface area contributed by atoms with Gasteiger partial charge in [-0.15, -0.1) is 0 Å². The molecule has 0 saturated carbocycles. The Hall–Kier alpha value is -3.22. The molecule has 2 aromatic carbocycles. The van der Waals surface area contributed by atoms with E-state index < -0.39 is 5.82 Å². The molecule has 1 fully saturated rings. The summed E-state index contributed by atoms with van der Waals surface area (Å²) < 4.78 is 16.4. The molecular weight excluding hydrogens is 383 g/mol. The number of nitrogens with zero attached hydrogens (tertiary/aromatic N) is 4. The Morgan fingerprint density at radius 1 is 1.07 bits per heavy atom. The highest BCUT2D eigenvalue weighted by Gasteiger charge is 2.24. The standard InChI is InChI=1S/C23H25FN4O2/c1-3-22-25-19-6-4-5-7-21(19)28(22)15-23(30)27-12-10-26(11-13-27)20-9-8-17(16(2)29)14-18(20)24/h4-9,14H,3,10-13,15H2,1-2H3. The molecule has 1 aliphatic rings. The van der Waals surface area contributed by atoms with Gasteiger partial charge in [0.1, 0.15) is 18.2 Å². The number of ketones is 1. The van der Waals surface area contributed by atoms with Crippen LogP contribution in [0.3, 0.4) is 0 Å². The van der Waals surface area contributed by atoms with Gasteiger partial charge in [0, 0.05) is 38.2 Å². The number of hydrogen-bond donors (Lipinski definition) is 0. The zero-order valence-electron chi connectivity index (χ0n) is 17.3. The summed E-state index contributed by atoms with van der Waals surface area (Å²) in [6.07, 6.45) is 0.755. The number of para-hydroxylation sites is 2. The number of rotatable bonds is 5. The molecule has 0 aliphatic carbocycles. The number of benzene rings is 2. The third kappa shape index (κ3) is 3.79. The average Bonchev–Trinajstić information content (AvgIpc) is 3.11. The minimum absolute atomic E-state index is 0.0416. The number of hydrogen-bond acceptors (Lipinski definition) is 4. The number of fused-ring (bicyclic) bond motifs is 1. The Kier molecular flexibility index (Phi) is 5.53. The summed E-state index contributed by atoms with van der Waals surface area (Å²) in [6.45, 7) is 5.87. The quantitative estimate of drug-likeness (QED) is 0.608. The Morgan fingerprint density at radius 2 is 1.80 bits per heavy atom. The van der Waals surface area contributed by atoms with Crippen LogP contribution < -0.4 is 4.90 Å². The van der Waals surface area contributed by atoms with Crippen molar-refractivity contribution in [2.75, 3.05) is 31.1 Å². The van der Waals surface area contributed by atoms with Crippen LogP contribution in [0.5, 0.6) is 0 Å². The van der Waals surface area contributed by atoms with E-state index in [1.54, 1.807) is 12.1 Å². The SMILES string of the molecule is CCc1nc2ccccc2n1CC(=O)N1CCN(c2ccc(C(C)=O)cc2F)CC1. The molecule has 7 heteroatoms. The van der Waals surface area contributed by atoms with E-state index in [2.05, 4.69) is 4.98 Å². The van der Waals surface area contributed by atoms with Crippen LogP contribution in [0, 0.1) is 5.82 Å². The zero-order valence-corrected chi connectivity index (χ0v) is 17.3. The fraction of sp³-hybridized carbons (Fsp3) is 0.348. The lowest BCUT2D eigenvalue weighted by Crippen LogP contribution is -2.49. The number of halogens is 1. The lowest BCUT2D eigenvalue weighted by atomic mass is 10.1. The monoisotopic (exact) mass is 408 g/mol. The van der Waals surface area contributed by atoms with Gasteiger partial charge in [0.05, 0.1) is 16.7 Å². The maximum absolute atomic E-state index is 14.4. The predicted octanol–water partition coefficient (Wildman–Crippen LogP) is 3.29. The number of Topliss-reactive ketones (excluding diaryl/α,β-unsaturated/α-hetero) is 1. The van der Waals surface area contributed by atoms with Gasteiger partial charge in [0.15, 0.2) is 5.78 Å². The van der Waals surface area contributed by atoms with Crippen molar-refractivity contribution < 1.29 is 14.0 Å². The molecule has 0 radical (unpaired) electrons. The van der Waals surface area contributed by atoms with Crippen molar-refractivity contribution in [2.45, 2.75) is 26.8 Å². The van der Waals surface area contributed by atoms with Crippen LogP contribution in [0.4, 0.5) is 10.1 Å². The molecule has 6 nitrogen and oxygen atoms in total. The van der Waals surface area contributed by atoms with Crippen molar-refractivity contribution in [1.82, 2.24) is 14.5 Å². The molecule has 0 spiro atoms. The first kappa shape index (κ1) is 20.1. The number of piperazine rings is 1. The molecule has 30 heavy (non-hydrogen) atoms. The van der Waals surface area contributed by atoms with Crippen LogP contribution in [-0.2, 0) is 17.8 Å². The average molecular weight is 408 g/mol. The Labute approximate surface area is 174 Å². The summed E-state index contributed by atoms with van der Waals surface area (Å²) >= 11 is 0. The van der Waals surface area contributed by atoms with Gasteiger partial charge in [-0.3, -0.25) is 9.59 Å². The number of carbonyl (C=O) groups is 2. The summed E-state index contributed by atoms with van der Waals surface area (Å²) in [5.41, 5.74) is 2.70. The van der Waals surface area contributed by atoms with E-state index >= 15 is 0 Å². The van der Waals surface area contributed by atoms with Crippen LogP contribution in [0.2, 0.25) is 0 Å². The molecule has 0 atom stereocenters. The molecule has 1 aliphatic heterocycles. The van der Waals surface area contributed by atoms with Gasteiger partial charge in [-0.2, -0.15) is 0 Å². The summed E-state index contributed by atoms with van der Waals surface area (Å²) in [6, 6.07) is 12.4. The normalized spacial score (nSPS) is 14.4. The number of amides is 1. The van der Waals surface area contributed by atoms with Gasteiger partial charge in [-0.05, 0) is 37.3 Å². The number of aromatic nitrogens is 2. The second-order valence-corrected chi connectivity index (χ2v) is 7.55. The van der Waals surface area contributed by atoms with Gasteiger partial charge in [-0.25, -0.2) is 9.37 Å². The first-order chi connectivity index (χ1) is 14.5. The van der Waals surface area contributed by atoms with E-state index in [1.807, 2.05) is 45.6 Å². The van der Waals surface area contributed by atoms with Crippen molar-refractivity contribution in [3.8, 4) is 0 Å². The van der Waals surface area contributed by atoms with Gasteiger partial charge in [0.25, 0.3) is 0 Å². The molecule has 1 amide bonds. The molecule has 0 unspecified atom stereocenters. The van der Waals surface area contributed by atoms with Crippen molar-refractivity contribution in [3.05, 3.63) is 59.7 Å². The molecule has 4 rings (SSSR count). The van der Waals surface area contributed by atoms with Gasteiger partial charge in [0.2, 0.25) is 5.91 Å². The molecule has 1 saturated heterocycles. The van der Waals surface area contributed by atoms with Crippen molar-refractivity contribution in [2.24, 2.45) is 0 Å². The third-order valence-corrected chi connectivity index (χ3v) is 5.67. The molecule has 2 heterocycles. The lowest BCUT2D eigenvalue weighted by Gasteiger charge is -2.36. The second kappa shape index (κ2) is 8.26. The Morgan fingerprint density at radius 3 is 2.47 bits per heavy atom. The van der Waals surface area contributed by atoms with E-state index in [0.717, 1.165) is 23.3 Å². The van der Waals surface area contributed by atoms with Crippen LogP contribution in [0.15, 0.2) is 42.5 Å². The maximum atomic E-state index is 14.4. The first-order valence-electron chi connectivity index (χ1n) is 10.2. The zero-order chi connectivity index (χ0) is 21.3. The highest BCUT2D eigenvalue weighted by atomic mass is 19.1. The summed E-state index contributed by atoms with van der Waals surface area (Å²) in [7, 11) is 0. The largest absolute Gasteiger partial charge is 0.366 e. The number of carbonyl (C=O) groups excluding carboxylic acids is 2. The molecule has 156 valence electrons.